The molecule has 1 amide bonds. The number of hydrogen-bond donors (Lipinski definition) is 2. The lowest BCUT2D eigenvalue weighted by Crippen LogP contribution is -2.38. The third kappa shape index (κ3) is 5.40. The average Bonchev–Trinajstić information content (AvgIpc) is 3.00. The van der Waals surface area contributed by atoms with Crippen LogP contribution in [0.4, 0.5) is 0 Å². The Balaban J connectivity index is 1.65. The number of nitrogens with zero attached hydrogens (tertiary/aromatic N) is 2. The first-order valence-electron chi connectivity index (χ1n) is 10.1. The zero-order chi connectivity index (χ0) is 20.8. The van der Waals surface area contributed by atoms with Gasteiger partial charge in [0.2, 0.25) is 0 Å². The van der Waals surface area contributed by atoms with Crippen LogP contribution in [0.3, 0.4) is 0 Å². The molecule has 0 spiro atoms. The zero-order valence-electron chi connectivity index (χ0n) is 17.3. The topological polar surface area (TPSA) is 67.6 Å². The molecule has 0 unspecified atom stereocenters. The van der Waals surface area contributed by atoms with Gasteiger partial charge in [0.05, 0.1) is 25.6 Å². The van der Waals surface area contributed by atoms with Gasteiger partial charge in [-0.3, -0.25) is 4.79 Å². The third-order valence-electron chi connectivity index (χ3n) is 5.40. The molecular weight excluding hydrogens is 388 g/mol. The van der Waals surface area contributed by atoms with Gasteiger partial charge in [-0.1, -0.05) is 30.9 Å². The largest absolute Gasteiger partial charge is 0.495 e. The molecule has 2 N–H and O–H groups in total. The molecule has 1 aliphatic carbocycles. The second-order valence-corrected chi connectivity index (χ2v) is 7.92. The number of hydrogen-bond acceptors (Lipinski definition) is 4. The number of carbonyl (C=O) groups excluding carboxylic acids is 1. The fraction of sp³-hybridized carbons (Fsp3) is 0.455. The Morgan fingerprint density at radius 2 is 2.03 bits per heavy atom. The van der Waals surface area contributed by atoms with Crippen molar-refractivity contribution >= 4 is 23.7 Å². The summed E-state index contributed by atoms with van der Waals surface area (Å²) in [7, 11) is 1.64. The van der Waals surface area contributed by atoms with Crippen LogP contribution in [0.25, 0.3) is 5.69 Å². The summed E-state index contributed by atoms with van der Waals surface area (Å²) in [6.07, 6.45) is 7.75. The molecule has 0 radical (unpaired) electrons. The zero-order valence-corrected chi connectivity index (χ0v) is 18.1. The van der Waals surface area contributed by atoms with E-state index in [1.807, 2.05) is 32.0 Å². The molecule has 1 saturated carbocycles. The van der Waals surface area contributed by atoms with Crippen LogP contribution in [0, 0.1) is 13.8 Å². The molecule has 1 aliphatic rings. The van der Waals surface area contributed by atoms with Gasteiger partial charge in [-0.05, 0) is 51.0 Å². The fourth-order valence-corrected chi connectivity index (χ4v) is 4.05. The normalized spacial score (nSPS) is 15.0. The molecule has 0 saturated heterocycles. The van der Waals surface area contributed by atoms with Crippen LogP contribution >= 0.6 is 11.6 Å². The van der Waals surface area contributed by atoms with Crippen molar-refractivity contribution in [2.24, 2.45) is 5.10 Å². The van der Waals surface area contributed by atoms with Crippen molar-refractivity contribution in [1.29, 1.82) is 0 Å². The van der Waals surface area contributed by atoms with Gasteiger partial charge in [-0.15, -0.1) is 0 Å². The molecule has 29 heavy (non-hydrogen) atoms. The summed E-state index contributed by atoms with van der Waals surface area (Å²) in [6, 6.07) is 8.00. The molecule has 1 aromatic carbocycles. The third-order valence-corrected chi connectivity index (χ3v) is 5.64. The maximum absolute atomic E-state index is 12.1. The lowest BCUT2D eigenvalue weighted by Gasteiger charge is -2.22. The molecule has 2 aromatic rings. The van der Waals surface area contributed by atoms with Gasteiger partial charge in [0, 0.05) is 28.0 Å². The SMILES string of the molecule is COc1ccc(Cl)cc1-n1c(C)cc(/C=N\NC(=O)CNC2CCCCC2)c1C. The van der Waals surface area contributed by atoms with Crippen molar-refractivity contribution < 1.29 is 9.53 Å². The van der Waals surface area contributed by atoms with Gasteiger partial charge >= 0.3 is 0 Å². The van der Waals surface area contributed by atoms with Crippen molar-refractivity contribution in [1.82, 2.24) is 15.3 Å². The highest BCUT2D eigenvalue weighted by Gasteiger charge is 2.15. The summed E-state index contributed by atoms with van der Waals surface area (Å²) in [4.78, 5) is 12.1. The molecular formula is C22H29ClN4O2. The van der Waals surface area contributed by atoms with Gasteiger partial charge in [0.1, 0.15) is 5.75 Å². The standard InChI is InChI=1S/C22H29ClN4O2/c1-15-11-17(13-25-26-22(28)14-24-19-7-5-4-6-8-19)16(2)27(15)20-12-18(23)9-10-21(20)29-3/h9-13,19,24H,4-8,14H2,1-3H3,(H,26,28)/b25-13-. The molecule has 1 heterocycles. The highest BCUT2D eigenvalue weighted by Crippen LogP contribution is 2.30. The van der Waals surface area contributed by atoms with Crippen LogP contribution in [0.15, 0.2) is 29.4 Å². The monoisotopic (exact) mass is 416 g/mol. The predicted octanol–water partition coefficient (Wildman–Crippen LogP) is 4.13. The van der Waals surface area contributed by atoms with Crippen molar-refractivity contribution in [3.63, 3.8) is 0 Å². The molecule has 0 aliphatic heterocycles. The quantitative estimate of drug-likeness (QED) is 0.526. The highest BCUT2D eigenvalue weighted by atomic mass is 35.5. The van der Waals surface area contributed by atoms with Crippen molar-refractivity contribution in [3.8, 4) is 11.4 Å². The van der Waals surface area contributed by atoms with Gasteiger partial charge in [0.25, 0.3) is 5.91 Å². The second-order valence-electron chi connectivity index (χ2n) is 7.49. The number of benzene rings is 1. The Labute approximate surface area is 177 Å². The van der Waals surface area contributed by atoms with Crippen molar-refractivity contribution in [2.45, 2.75) is 52.0 Å². The Morgan fingerprint density at radius 1 is 1.28 bits per heavy atom. The van der Waals surface area contributed by atoms with Crippen LogP contribution < -0.4 is 15.5 Å². The Hall–Kier alpha value is -2.31. The molecule has 0 bridgehead atoms. The molecule has 1 aromatic heterocycles. The molecule has 156 valence electrons. The first-order valence-corrected chi connectivity index (χ1v) is 10.5. The summed E-state index contributed by atoms with van der Waals surface area (Å²) in [5, 5.41) is 8.10. The number of aromatic nitrogens is 1. The Bertz CT molecular complexity index is 885. The van der Waals surface area contributed by atoms with Crippen molar-refractivity contribution in [2.75, 3.05) is 13.7 Å². The minimum Gasteiger partial charge on any atom is -0.495 e. The molecule has 0 atom stereocenters. The van der Waals surface area contributed by atoms with E-state index in [4.69, 9.17) is 16.3 Å². The Kier molecular flexibility index (Phi) is 7.34. The second kappa shape index (κ2) is 9.94. The lowest BCUT2D eigenvalue weighted by molar-refractivity contribution is -0.120. The van der Waals surface area contributed by atoms with Crippen LogP contribution in [0.1, 0.15) is 49.1 Å². The van der Waals surface area contributed by atoms with E-state index in [0.29, 0.717) is 17.6 Å². The van der Waals surface area contributed by atoms with Crippen LogP contribution in [-0.4, -0.2) is 36.4 Å². The summed E-state index contributed by atoms with van der Waals surface area (Å²) < 4.78 is 7.55. The summed E-state index contributed by atoms with van der Waals surface area (Å²) in [5.74, 6) is 0.610. The van der Waals surface area contributed by atoms with E-state index in [1.165, 1.54) is 19.3 Å². The maximum Gasteiger partial charge on any atom is 0.254 e. The number of carbonyl (C=O) groups is 1. The summed E-state index contributed by atoms with van der Waals surface area (Å²) in [5.41, 5.74) is 6.41. The number of rotatable bonds is 7. The van der Waals surface area contributed by atoms with Crippen LogP contribution in [-0.2, 0) is 4.79 Å². The van der Waals surface area contributed by atoms with Gasteiger partial charge in [0.15, 0.2) is 0 Å². The fourth-order valence-electron chi connectivity index (χ4n) is 3.88. The van der Waals surface area contributed by atoms with E-state index >= 15 is 0 Å². The van der Waals surface area contributed by atoms with E-state index in [9.17, 15) is 4.79 Å². The number of amides is 1. The first kappa shape index (κ1) is 21.4. The van der Waals surface area contributed by atoms with Crippen molar-refractivity contribution in [3.05, 3.63) is 46.2 Å². The predicted molar refractivity (Wildman–Crippen MR) is 117 cm³/mol. The smallest absolute Gasteiger partial charge is 0.254 e. The number of methoxy groups -OCH3 is 1. The molecule has 6 nitrogen and oxygen atoms in total. The number of hydrazone groups is 1. The van der Waals surface area contributed by atoms with Crippen LogP contribution in [0.5, 0.6) is 5.75 Å². The summed E-state index contributed by atoms with van der Waals surface area (Å²) >= 11 is 6.19. The van der Waals surface area contributed by atoms with E-state index < -0.39 is 0 Å². The lowest BCUT2D eigenvalue weighted by atomic mass is 9.95. The van der Waals surface area contributed by atoms with Crippen LogP contribution in [0.2, 0.25) is 5.02 Å². The number of halogens is 1. The number of ether oxygens (including phenoxy) is 1. The highest BCUT2D eigenvalue weighted by molar-refractivity contribution is 6.30. The number of nitrogens with one attached hydrogen (secondary N) is 2. The molecule has 1 fully saturated rings. The van der Waals surface area contributed by atoms with Gasteiger partial charge in [-0.25, -0.2) is 5.43 Å². The molecule has 7 heteroatoms. The van der Waals surface area contributed by atoms with E-state index in [0.717, 1.165) is 41.2 Å². The number of aryl methyl sites for hydroxylation is 1. The minimum atomic E-state index is -0.128. The van der Waals surface area contributed by atoms with E-state index in [-0.39, 0.29) is 5.91 Å². The Morgan fingerprint density at radius 3 is 2.76 bits per heavy atom. The summed E-state index contributed by atoms with van der Waals surface area (Å²) in [6.45, 7) is 4.30. The average molecular weight is 417 g/mol. The maximum atomic E-state index is 12.1. The minimum absolute atomic E-state index is 0.128. The molecule has 3 rings (SSSR count). The van der Waals surface area contributed by atoms with E-state index in [1.54, 1.807) is 19.4 Å². The first-order chi connectivity index (χ1) is 14.0. The van der Waals surface area contributed by atoms with E-state index in [2.05, 4.69) is 20.4 Å². The van der Waals surface area contributed by atoms with Gasteiger partial charge in [-0.2, -0.15) is 5.10 Å². The van der Waals surface area contributed by atoms with Gasteiger partial charge < -0.3 is 14.6 Å².